The molecular weight excluding hydrogens is 398 g/mol. The van der Waals surface area contributed by atoms with E-state index in [1.54, 1.807) is 18.7 Å². The Morgan fingerprint density at radius 1 is 1.27 bits per heavy atom. The average Bonchev–Trinajstić information content (AvgIpc) is 2.75. The van der Waals surface area contributed by atoms with E-state index in [4.69, 9.17) is 9.72 Å². The Balaban J connectivity index is 1.82. The maximum atomic E-state index is 13.1. The lowest BCUT2D eigenvalue weighted by Gasteiger charge is -2.32. The van der Waals surface area contributed by atoms with Crippen LogP contribution in [-0.2, 0) is 29.6 Å². The summed E-state index contributed by atoms with van der Waals surface area (Å²) in [6.07, 6.45) is 2.60. The second kappa shape index (κ2) is 10.3. The summed E-state index contributed by atoms with van der Waals surface area (Å²) < 4.78 is 6.88. The topological polar surface area (TPSA) is 64.4 Å². The van der Waals surface area contributed by atoms with Crippen molar-refractivity contribution < 1.29 is 9.53 Å². The van der Waals surface area contributed by atoms with Gasteiger partial charge in [0.05, 0.1) is 17.6 Å². The van der Waals surface area contributed by atoms with Crippen molar-refractivity contribution in [2.45, 2.75) is 50.1 Å². The summed E-state index contributed by atoms with van der Waals surface area (Å²) in [7, 11) is 3.32. The standard InChI is InChI=1S/C23H31N3O3S/c1-16-10-12-26(13-11-16)21(27)17(2)30-23-24-20(15-29-4)19(22(28)25(23)3)14-18-8-6-5-7-9-18/h5-9,16-17H,10-15H2,1-4H3. The Hall–Kier alpha value is -2.12. The first kappa shape index (κ1) is 22.6. The molecule has 2 aromatic rings. The van der Waals surface area contributed by atoms with Crippen LogP contribution in [0.4, 0.5) is 0 Å². The van der Waals surface area contributed by atoms with Crippen LogP contribution in [0, 0.1) is 5.92 Å². The number of benzene rings is 1. The van der Waals surface area contributed by atoms with Crippen molar-refractivity contribution in [1.29, 1.82) is 0 Å². The number of ether oxygens (including phenoxy) is 1. The van der Waals surface area contributed by atoms with Crippen LogP contribution in [0.3, 0.4) is 0 Å². The number of nitrogens with zero attached hydrogens (tertiary/aromatic N) is 3. The molecule has 0 spiro atoms. The zero-order chi connectivity index (χ0) is 21.7. The molecule has 30 heavy (non-hydrogen) atoms. The lowest BCUT2D eigenvalue weighted by molar-refractivity contribution is -0.131. The van der Waals surface area contributed by atoms with Crippen LogP contribution in [0.2, 0.25) is 0 Å². The Morgan fingerprint density at radius 2 is 1.93 bits per heavy atom. The molecule has 0 radical (unpaired) electrons. The lowest BCUT2D eigenvalue weighted by Crippen LogP contribution is -2.42. The molecular formula is C23H31N3O3S. The number of methoxy groups -OCH3 is 1. The molecule has 1 saturated heterocycles. The molecule has 6 nitrogen and oxygen atoms in total. The summed E-state index contributed by atoms with van der Waals surface area (Å²) in [5.41, 5.74) is 2.24. The molecule has 1 aromatic heterocycles. The third-order valence-corrected chi connectivity index (χ3v) is 6.79. The number of thioether (sulfide) groups is 1. The normalized spacial score (nSPS) is 15.9. The first-order valence-corrected chi connectivity index (χ1v) is 11.4. The van der Waals surface area contributed by atoms with Gasteiger partial charge in [-0.2, -0.15) is 0 Å². The van der Waals surface area contributed by atoms with Gasteiger partial charge in [-0.1, -0.05) is 49.0 Å². The van der Waals surface area contributed by atoms with Gasteiger partial charge in [-0.05, 0) is 31.2 Å². The van der Waals surface area contributed by atoms with Gasteiger partial charge in [0.25, 0.3) is 5.56 Å². The molecule has 2 heterocycles. The molecule has 1 fully saturated rings. The number of carbonyl (C=O) groups is 1. The van der Waals surface area contributed by atoms with Crippen molar-refractivity contribution in [3.05, 3.63) is 57.5 Å². The average molecular weight is 430 g/mol. The highest BCUT2D eigenvalue weighted by Crippen LogP contribution is 2.25. The predicted octanol–water partition coefficient (Wildman–Crippen LogP) is 3.26. The Labute approximate surface area is 182 Å². The van der Waals surface area contributed by atoms with Crippen LogP contribution in [0.15, 0.2) is 40.3 Å². The number of piperidine rings is 1. The van der Waals surface area contributed by atoms with Crippen LogP contribution < -0.4 is 5.56 Å². The van der Waals surface area contributed by atoms with Crippen LogP contribution in [0.25, 0.3) is 0 Å². The third kappa shape index (κ3) is 5.32. The summed E-state index contributed by atoms with van der Waals surface area (Å²) in [6, 6.07) is 9.87. The predicted molar refractivity (Wildman–Crippen MR) is 120 cm³/mol. The molecule has 1 aliphatic heterocycles. The second-order valence-electron chi connectivity index (χ2n) is 8.05. The smallest absolute Gasteiger partial charge is 0.257 e. The first-order chi connectivity index (χ1) is 14.4. The largest absolute Gasteiger partial charge is 0.378 e. The van der Waals surface area contributed by atoms with Gasteiger partial charge in [-0.15, -0.1) is 0 Å². The number of likely N-dealkylation sites (tertiary alicyclic amines) is 1. The molecule has 3 rings (SSSR count). The van der Waals surface area contributed by atoms with Crippen molar-refractivity contribution in [1.82, 2.24) is 14.5 Å². The molecule has 162 valence electrons. The van der Waals surface area contributed by atoms with Crippen molar-refractivity contribution in [3.8, 4) is 0 Å². The summed E-state index contributed by atoms with van der Waals surface area (Å²) >= 11 is 1.35. The van der Waals surface area contributed by atoms with Gasteiger partial charge in [0.15, 0.2) is 5.16 Å². The van der Waals surface area contributed by atoms with E-state index >= 15 is 0 Å². The van der Waals surface area contributed by atoms with Crippen LogP contribution in [0.1, 0.15) is 43.5 Å². The molecule has 0 aliphatic carbocycles. The number of hydrogen-bond donors (Lipinski definition) is 0. The van der Waals surface area contributed by atoms with Crippen LogP contribution in [0.5, 0.6) is 0 Å². The Morgan fingerprint density at radius 3 is 2.57 bits per heavy atom. The van der Waals surface area contributed by atoms with Crippen LogP contribution in [-0.4, -0.2) is 45.8 Å². The van der Waals surface area contributed by atoms with Crippen molar-refractivity contribution >= 4 is 17.7 Å². The quantitative estimate of drug-likeness (QED) is 0.499. The summed E-state index contributed by atoms with van der Waals surface area (Å²) in [5.74, 6) is 0.788. The molecule has 7 heteroatoms. The van der Waals surface area contributed by atoms with E-state index in [0.717, 1.165) is 31.5 Å². The molecule has 0 N–H and O–H groups in total. The van der Waals surface area contributed by atoms with Gasteiger partial charge >= 0.3 is 0 Å². The van der Waals surface area contributed by atoms with E-state index in [1.165, 1.54) is 11.8 Å². The minimum absolute atomic E-state index is 0.0881. The highest BCUT2D eigenvalue weighted by molar-refractivity contribution is 8.00. The number of amides is 1. The lowest BCUT2D eigenvalue weighted by atomic mass is 9.99. The summed E-state index contributed by atoms with van der Waals surface area (Å²) in [5, 5.41) is 0.252. The number of rotatable bonds is 7. The van der Waals surface area contributed by atoms with Crippen molar-refractivity contribution in [3.63, 3.8) is 0 Å². The van der Waals surface area contributed by atoms with Gasteiger partial charge in [0, 0.05) is 39.2 Å². The molecule has 0 saturated carbocycles. The minimum atomic E-state index is -0.299. The molecule has 0 bridgehead atoms. The molecule has 1 unspecified atom stereocenters. The third-order valence-electron chi connectivity index (χ3n) is 5.66. The molecule has 1 aromatic carbocycles. The zero-order valence-electron chi connectivity index (χ0n) is 18.3. The summed E-state index contributed by atoms with van der Waals surface area (Å²) in [4.78, 5) is 32.7. The SMILES string of the molecule is COCc1nc(SC(C)C(=O)N2CCC(C)CC2)n(C)c(=O)c1Cc1ccccc1. The van der Waals surface area contributed by atoms with Gasteiger partial charge < -0.3 is 9.64 Å². The van der Waals surface area contributed by atoms with Gasteiger partial charge in [-0.3, -0.25) is 14.2 Å². The fraction of sp³-hybridized carbons (Fsp3) is 0.522. The molecule has 1 aliphatic rings. The second-order valence-corrected chi connectivity index (χ2v) is 9.36. The number of carbonyl (C=O) groups excluding carboxylic acids is 1. The Kier molecular flexibility index (Phi) is 7.72. The molecule has 1 amide bonds. The van der Waals surface area contributed by atoms with E-state index in [2.05, 4.69) is 6.92 Å². The fourth-order valence-corrected chi connectivity index (χ4v) is 4.67. The van der Waals surface area contributed by atoms with Gasteiger partial charge in [0.1, 0.15) is 0 Å². The van der Waals surface area contributed by atoms with Gasteiger partial charge in [0.2, 0.25) is 5.91 Å². The fourth-order valence-electron chi connectivity index (χ4n) is 3.70. The van der Waals surface area contributed by atoms with Crippen LogP contribution >= 0.6 is 11.8 Å². The highest BCUT2D eigenvalue weighted by Gasteiger charge is 2.26. The number of aromatic nitrogens is 2. The maximum absolute atomic E-state index is 13.1. The number of hydrogen-bond acceptors (Lipinski definition) is 5. The molecule has 1 atom stereocenters. The Bertz CT molecular complexity index is 921. The van der Waals surface area contributed by atoms with E-state index in [1.807, 2.05) is 42.2 Å². The monoisotopic (exact) mass is 429 g/mol. The first-order valence-electron chi connectivity index (χ1n) is 10.5. The van der Waals surface area contributed by atoms with E-state index < -0.39 is 0 Å². The minimum Gasteiger partial charge on any atom is -0.378 e. The van der Waals surface area contributed by atoms with E-state index in [-0.39, 0.29) is 23.3 Å². The van der Waals surface area contributed by atoms with Crippen molar-refractivity contribution in [2.75, 3.05) is 20.2 Å². The van der Waals surface area contributed by atoms with Gasteiger partial charge in [-0.25, -0.2) is 4.98 Å². The van der Waals surface area contributed by atoms with Crippen molar-refractivity contribution in [2.24, 2.45) is 13.0 Å². The van der Waals surface area contributed by atoms with E-state index in [0.29, 0.717) is 28.8 Å². The maximum Gasteiger partial charge on any atom is 0.257 e. The highest BCUT2D eigenvalue weighted by atomic mass is 32.2. The summed E-state index contributed by atoms with van der Waals surface area (Å²) in [6.45, 7) is 6.00. The van der Waals surface area contributed by atoms with E-state index in [9.17, 15) is 9.59 Å². The zero-order valence-corrected chi connectivity index (χ0v) is 19.1.